The number of aromatic nitrogens is 1. The molecule has 2 atom stereocenters. The van der Waals surface area contributed by atoms with Gasteiger partial charge in [-0.2, -0.15) is 0 Å². The summed E-state index contributed by atoms with van der Waals surface area (Å²) in [6, 6.07) is 8.72. The summed E-state index contributed by atoms with van der Waals surface area (Å²) < 4.78 is 0. The van der Waals surface area contributed by atoms with Crippen molar-refractivity contribution in [2.24, 2.45) is 0 Å². The van der Waals surface area contributed by atoms with Crippen LogP contribution in [-0.2, 0) is 11.3 Å². The average molecular weight is 429 g/mol. The van der Waals surface area contributed by atoms with Crippen molar-refractivity contribution < 1.29 is 14.7 Å². The first-order valence-corrected chi connectivity index (χ1v) is 10.7. The zero-order valence-electron chi connectivity index (χ0n) is 16.6. The number of amides is 2. The highest BCUT2D eigenvalue weighted by molar-refractivity contribution is 6.30. The molecule has 2 amide bonds. The number of nitrogens with one attached hydrogen (secondary N) is 2. The molecule has 7 nitrogen and oxygen atoms in total. The Bertz CT molecular complexity index is 934. The number of anilines is 2. The maximum Gasteiger partial charge on any atom is 0.253 e. The number of pyridine rings is 1. The van der Waals surface area contributed by atoms with Gasteiger partial charge >= 0.3 is 0 Å². The van der Waals surface area contributed by atoms with Crippen LogP contribution in [0.3, 0.4) is 0 Å². The maximum atomic E-state index is 12.8. The standard InChI is InChI=1S/C22H25ClN4O3/c23-16-8-6-14(7-9-16)13-27-18-10-15(11-24-21(18)25-12-20(27)29)22(30)26-17-4-2-1-3-5-19(17)28/h6-11,17,19,28H,1-5,12-13H2,(H,24,25)(H,26,30)/t17-,19-/m1/s1. The van der Waals surface area contributed by atoms with Gasteiger partial charge in [0.15, 0.2) is 5.82 Å². The van der Waals surface area contributed by atoms with E-state index in [1.54, 1.807) is 23.1 Å². The van der Waals surface area contributed by atoms with Gasteiger partial charge in [-0.3, -0.25) is 9.59 Å². The summed E-state index contributed by atoms with van der Waals surface area (Å²) in [4.78, 5) is 31.4. The van der Waals surface area contributed by atoms with Crippen molar-refractivity contribution in [2.45, 2.75) is 50.8 Å². The molecule has 0 spiro atoms. The first kappa shape index (κ1) is 20.6. The average Bonchev–Trinajstić information content (AvgIpc) is 2.95. The summed E-state index contributed by atoms with van der Waals surface area (Å²) in [7, 11) is 0. The summed E-state index contributed by atoms with van der Waals surface area (Å²) in [5.41, 5.74) is 1.86. The molecular formula is C22H25ClN4O3. The van der Waals surface area contributed by atoms with Crippen LogP contribution in [0.4, 0.5) is 11.5 Å². The van der Waals surface area contributed by atoms with Crippen LogP contribution in [0, 0.1) is 0 Å². The van der Waals surface area contributed by atoms with Gasteiger partial charge in [-0.1, -0.05) is 43.0 Å². The van der Waals surface area contributed by atoms with Gasteiger partial charge in [0, 0.05) is 11.2 Å². The molecule has 0 radical (unpaired) electrons. The van der Waals surface area contributed by atoms with Gasteiger partial charge in [0.25, 0.3) is 5.91 Å². The molecule has 0 bridgehead atoms. The molecule has 1 aliphatic heterocycles. The third-order valence-corrected chi connectivity index (χ3v) is 5.93. The normalized spacial score (nSPS) is 21.4. The highest BCUT2D eigenvalue weighted by Crippen LogP contribution is 2.30. The monoisotopic (exact) mass is 428 g/mol. The molecule has 8 heteroatoms. The molecule has 1 saturated carbocycles. The SMILES string of the molecule is O=C(N[C@@H]1CCCCC[C@H]1O)c1cnc2c(c1)N(Cc1ccc(Cl)cc1)C(=O)CN2. The lowest BCUT2D eigenvalue weighted by Crippen LogP contribution is -2.43. The number of benzene rings is 1. The first-order chi connectivity index (χ1) is 14.5. The van der Waals surface area contributed by atoms with Crippen LogP contribution >= 0.6 is 11.6 Å². The molecular weight excluding hydrogens is 404 g/mol. The molecule has 0 saturated heterocycles. The van der Waals surface area contributed by atoms with Crippen LogP contribution in [0.25, 0.3) is 0 Å². The van der Waals surface area contributed by atoms with Crippen molar-refractivity contribution >= 4 is 34.9 Å². The summed E-state index contributed by atoms with van der Waals surface area (Å²) in [6.45, 7) is 0.506. The predicted octanol–water partition coefficient (Wildman–Crippen LogP) is 3.12. The molecule has 30 heavy (non-hydrogen) atoms. The topological polar surface area (TPSA) is 94.6 Å². The largest absolute Gasteiger partial charge is 0.391 e. The Morgan fingerprint density at radius 3 is 2.80 bits per heavy atom. The molecule has 2 heterocycles. The third kappa shape index (κ3) is 4.57. The molecule has 4 rings (SSSR count). The number of carbonyl (C=O) groups excluding carboxylic acids is 2. The summed E-state index contributed by atoms with van der Waals surface area (Å²) in [5.74, 6) is 0.173. The van der Waals surface area contributed by atoms with Gasteiger partial charge < -0.3 is 20.6 Å². The Labute approximate surface area is 180 Å². The van der Waals surface area contributed by atoms with Crippen molar-refractivity contribution in [2.75, 3.05) is 16.8 Å². The molecule has 158 valence electrons. The van der Waals surface area contributed by atoms with Crippen molar-refractivity contribution in [1.29, 1.82) is 0 Å². The Morgan fingerprint density at radius 2 is 2.00 bits per heavy atom. The third-order valence-electron chi connectivity index (χ3n) is 5.68. The molecule has 2 aliphatic rings. The Kier molecular flexibility index (Phi) is 6.20. The van der Waals surface area contributed by atoms with E-state index in [9.17, 15) is 14.7 Å². The van der Waals surface area contributed by atoms with Gasteiger partial charge in [0.2, 0.25) is 5.91 Å². The van der Waals surface area contributed by atoms with Gasteiger partial charge in [0.05, 0.1) is 36.5 Å². The molecule has 3 N–H and O–H groups in total. The number of carbonyl (C=O) groups is 2. The van der Waals surface area contributed by atoms with Crippen LogP contribution in [-0.4, -0.2) is 40.6 Å². The van der Waals surface area contributed by atoms with Gasteiger partial charge in [-0.05, 0) is 36.6 Å². The highest BCUT2D eigenvalue weighted by Gasteiger charge is 2.28. The lowest BCUT2D eigenvalue weighted by molar-refractivity contribution is -0.117. The number of fused-ring (bicyclic) bond motifs is 1. The molecule has 0 unspecified atom stereocenters. The second-order valence-electron chi connectivity index (χ2n) is 7.84. The number of hydrogen-bond acceptors (Lipinski definition) is 5. The Balaban J connectivity index is 1.55. The van der Waals surface area contributed by atoms with E-state index in [2.05, 4.69) is 15.6 Å². The number of nitrogens with zero attached hydrogens (tertiary/aromatic N) is 2. The van der Waals surface area contributed by atoms with E-state index >= 15 is 0 Å². The summed E-state index contributed by atoms with van der Waals surface area (Å²) in [5, 5.41) is 16.9. The van der Waals surface area contributed by atoms with E-state index in [4.69, 9.17) is 11.6 Å². The minimum atomic E-state index is -0.535. The van der Waals surface area contributed by atoms with Gasteiger partial charge in [-0.25, -0.2) is 4.98 Å². The van der Waals surface area contributed by atoms with E-state index in [-0.39, 0.29) is 24.4 Å². The van der Waals surface area contributed by atoms with Crippen molar-refractivity contribution in [3.8, 4) is 0 Å². The highest BCUT2D eigenvalue weighted by atomic mass is 35.5. The summed E-state index contributed by atoms with van der Waals surface area (Å²) in [6.07, 6.45) is 5.44. The predicted molar refractivity (Wildman–Crippen MR) is 116 cm³/mol. The number of aliphatic hydroxyl groups excluding tert-OH is 1. The number of hydrogen-bond donors (Lipinski definition) is 3. The van der Waals surface area contributed by atoms with Crippen molar-refractivity contribution in [3.63, 3.8) is 0 Å². The second kappa shape index (κ2) is 9.02. The van der Waals surface area contributed by atoms with Crippen molar-refractivity contribution in [1.82, 2.24) is 10.3 Å². The molecule has 2 aromatic rings. The fraction of sp³-hybridized carbons (Fsp3) is 0.409. The second-order valence-corrected chi connectivity index (χ2v) is 8.27. The van der Waals surface area contributed by atoms with Gasteiger partial charge in [0.1, 0.15) is 0 Å². The van der Waals surface area contributed by atoms with Gasteiger partial charge in [-0.15, -0.1) is 0 Å². The zero-order chi connectivity index (χ0) is 21.1. The first-order valence-electron chi connectivity index (χ1n) is 10.3. The van der Waals surface area contributed by atoms with E-state index in [0.717, 1.165) is 31.2 Å². The maximum absolute atomic E-state index is 12.8. The minimum Gasteiger partial charge on any atom is -0.391 e. The number of halogens is 1. The lowest BCUT2D eigenvalue weighted by atomic mass is 10.1. The van der Waals surface area contributed by atoms with Crippen LogP contribution in [0.1, 0.15) is 48.0 Å². The minimum absolute atomic E-state index is 0.101. The van der Waals surface area contributed by atoms with E-state index in [1.165, 1.54) is 6.20 Å². The molecule has 1 aromatic heterocycles. The van der Waals surface area contributed by atoms with Crippen molar-refractivity contribution in [3.05, 3.63) is 52.7 Å². The van der Waals surface area contributed by atoms with Crippen LogP contribution < -0.4 is 15.5 Å². The van der Waals surface area contributed by atoms with Crippen LogP contribution in [0.5, 0.6) is 0 Å². The fourth-order valence-electron chi connectivity index (χ4n) is 3.96. The fourth-order valence-corrected chi connectivity index (χ4v) is 4.09. The number of aliphatic hydroxyl groups is 1. The van der Waals surface area contributed by atoms with E-state index < -0.39 is 6.10 Å². The molecule has 1 aromatic carbocycles. The smallest absolute Gasteiger partial charge is 0.253 e. The van der Waals surface area contributed by atoms with Crippen LogP contribution in [0.2, 0.25) is 5.02 Å². The Morgan fingerprint density at radius 1 is 1.23 bits per heavy atom. The Hall–Kier alpha value is -2.64. The van der Waals surface area contributed by atoms with E-state index in [1.807, 2.05) is 12.1 Å². The molecule has 1 fully saturated rings. The van der Waals surface area contributed by atoms with E-state index in [0.29, 0.717) is 35.1 Å². The molecule has 1 aliphatic carbocycles. The number of rotatable bonds is 4. The lowest BCUT2D eigenvalue weighted by Gasteiger charge is -2.30. The quantitative estimate of drug-likeness (QED) is 0.650. The summed E-state index contributed by atoms with van der Waals surface area (Å²) >= 11 is 5.96. The zero-order valence-corrected chi connectivity index (χ0v) is 17.4. The van der Waals surface area contributed by atoms with Crippen LogP contribution in [0.15, 0.2) is 36.5 Å².